The molecule has 0 saturated carbocycles. The van der Waals surface area contributed by atoms with Crippen LogP contribution in [-0.2, 0) is 39.8 Å². The largest absolute Gasteiger partial charge is 0.491 e. The van der Waals surface area contributed by atoms with Gasteiger partial charge in [0.25, 0.3) is 0 Å². The molecule has 11 nitrogen and oxygen atoms in total. The Kier molecular flexibility index (Phi) is 20.8. The van der Waals surface area contributed by atoms with Gasteiger partial charge in [0.2, 0.25) is 5.91 Å². The van der Waals surface area contributed by atoms with Crippen LogP contribution < -0.4 is 10.1 Å². The third-order valence-corrected chi connectivity index (χ3v) is 10.1. The number of pyridine rings is 1. The zero-order chi connectivity index (χ0) is 43.2. The van der Waals surface area contributed by atoms with Crippen molar-refractivity contribution in [1.29, 1.82) is 0 Å². The van der Waals surface area contributed by atoms with E-state index in [0.29, 0.717) is 59.3 Å². The fourth-order valence-electron chi connectivity index (χ4n) is 6.80. The number of unbranched alkanes of at least 4 members (excludes halogenated alkanes) is 1. The lowest BCUT2D eigenvalue weighted by atomic mass is 9.86. The second kappa shape index (κ2) is 26.0. The van der Waals surface area contributed by atoms with Crippen LogP contribution in [0.15, 0.2) is 79.0 Å². The van der Waals surface area contributed by atoms with Crippen molar-refractivity contribution in [2.45, 2.75) is 91.5 Å². The van der Waals surface area contributed by atoms with Gasteiger partial charge in [-0.1, -0.05) is 75.4 Å². The Bertz CT molecular complexity index is 1910. The van der Waals surface area contributed by atoms with E-state index in [1.54, 1.807) is 6.20 Å². The SMILES string of the molecule is CC(=O)C[C@H](CC(=O)[C@H](CO)NC(=O)CCCCc1cc(C)ccn1)c1ccc(-c2ccc(OCCOCCOCCOCCOCCC(C)(C)C)c3ccccc23)cc1. The van der Waals surface area contributed by atoms with Crippen molar-refractivity contribution in [3.05, 3.63) is 95.8 Å². The van der Waals surface area contributed by atoms with Crippen LogP contribution in [0.25, 0.3) is 21.9 Å². The summed E-state index contributed by atoms with van der Waals surface area (Å²) < 4.78 is 28.6. The minimum atomic E-state index is -1.03. The lowest BCUT2D eigenvalue weighted by Crippen LogP contribution is -2.43. The van der Waals surface area contributed by atoms with Gasteiger partial charge < -0.3 is 38.9 Å². The van der Waals surface area contributed by atoms with Gasteiger partial charge in [-0.25, -0.2) is 0 Å². The molecule has 0 fully saturated rings. The van der Waals surface area contributed by atoms with E-state index in [2.05, 4.69) is 37.1 Å². The maximum atomic E-state index is 13.4. The summed E-state index contributed by atoms with van der Waals surface area (Å²) in [7, 11) is 0. The Labute approximate surface area is 356 Å². The van der Waals surface area contributed by atoms with Crippen LogP contribution in [0.5, 0.6) is 5.75 Å². The average molecular weight is 827 g/mol. The van der Waals surface area contributed by atoms with Gasteiger partial charge >= 0.3 is 0 Å². The van der Waals surface area contributed by atoms with Gasteiger partial charge in [-0.15, -0.1) is 0 Å². The number of rotatable bonds is 29. The van der Waals surface area contributed by atoms with E-state index in [0.717, 1.165) is 70.3 Å². The third kappa shape index (κ3) is 17.6. The zero-order valence-corrected chi connectivity index (χ0v) is 36.3. The second-order valence-corrected chi connectivity index (χ2v) is 16.5. The Balaban J connectivity index is 1.22. The number of hydrogen-bond acceptors (Lipinski definition) is 10. The van der Waals surface area contributed by atoms with Crippen LogP contribution in [-0.4, -0.2) is 99.7 Å². The normalized spacial score (nSPS) is 12.6. The molecule has 4 aromatic rings. The van der Waals surface area contributed by atoms with Crippen molar-refractivity contribution in [2.75, 3.05) is 66.1 Å². The van der Waals surface area contributed by atoms with E-state index in [9.17, 15) is 19.5 Å². The molecule has 3 aromatic carbocycles. The summed E-state index contributed by atoms with van der Waals surface area (Å²) in [5.41, 5.74) is 5.24. The predicted molar refractivity (Wildman–Crippen MR) is 235 cm³/mol. The monoisotopic (exact) mass is 826 g/mol. The van der Waals surface area contributed by atoms with Crippen molar-refractivity contribution < 1.29 is 43.2 Å². The molecular formula is C49H66N2O9. The number of nitrogens with zero attached hydrogens (tertiary/aromatic N) is 1. The number of aliphatic hydroxyl groups excluding tert-OH is 1. The molecule has 326 valence electrons. The number of carbonyl (C=O) groups is 3. The highest BCUT2D eigenvalue weighted by Gasteiger charge is 2.25. The summed E-state index contributed by atoms with van der Waals surface area (Å²) in [5.74, 6) is -0.279. The highest BCUT2D eigenvalue weighted by Crippen LogP contribution is 2.36. The molecule has 2 atom stereocenters. The van der Waals surface area contributed by atoms with Crippen LogP contribution in [0.4, 0.5) is 0 Å². The standard InChI is InChI=1S/C49H66N2O9/c1-36-20-22-50-41(32-36)10-6-9-13-48(55)51-45(35-52)46(54)34-40(33-37(2)53)38-14-16-39(17-15-38)42-18-19-47(44-12-8-7-11-43(42)44)60-31-30-59-29-28-58-27-26-57-25-24-56-23-21-49(3,4)5/h7-8,11-12,14-20,22,32,40,45,52H,6,9-10,13,21,23-31,33-35H2,1-5H3,(H,51,55)/t40-,45+/m1/s1. The summed E-state index contributed by atoms with van der Waals surface area (Å²) in [4.78, 5) is 42.8. The maximum absolute atomic E-state index is 13.4. The summed E-state index contributed by atoms with van der Waals surface area (Å²) in [6.07, 6.45) is 5.41. The summed E-state index contributed by atoms with van der Waals surface area (Å²) in [5, 5.41) is 14.8. The van der Waals surface area contributed by atoms with E-state index in [1.807, 2.05) is 73.7 Å². The molecule has 0 radical (unpaired) electrons. The maximum Gasteiger partial charge on any atom is 0.220 e. The number of hydrogen-bond donors (Lipinski definition) is 2. The van der Waals surface area contributed by atoms with E-state index < -0.39 is 18.6 Å². The van der Waals surface area contributed by atoms with Gasteiger partial charge in [0.1, 0.15) is 24.2 Å². The number of fused-ring (bicyclic) bond motifs is 1. The Morgan fingerprint density at radius 1 is 0.750 bits per heavy atom. The Morgan fingerprint density at radius 2 is 1.38 bits per heavy atom. The zero-order valence-electron chi connectivity index (χ0n) is 36.3. The van der Waals surface area contributed by atoms with E-state index in [4.69, 9.17) is 23.7 Å². The fraction of sp³-hybridized carbons (Fsp3) is 0.510. The van der Waals surface area contributed by atoms with Gasteiger partial charge in [-0.2, -0.15) is 0 Å². The first kappa shape index (κ1) is 48.1. The van der Waals surface area contributed by atoms with Crippen molar-refractivity contribution in [1.82, 2.24) is 10.3 Å². The number of amides is 1. The highest BCUT2D eigenvalue weighted by molar-refractivity contribution is 6.00. The van der Waals surface area contributed by atoms with E-state index >= 15 is 0 Å². The molecular weight excluding hydrogens is 761 g/mol. The lowest BCUT2D eigenvalue weighted by Gasteiger charge is -2.20. The topological polar surface area (TPSA) is 143 Å². The molecule has 2 N–H and O–H groups in total. The molecule has 4 rings (SSSR count). The van der Waals surface area contributed by atoms with Crippen LogP contribution >= 0.6 is 0 Å². The van der Waals surface area contributed by atoms with Crippen molar-refractivity contribution in [3.8, 4) is 16.9 Å². The van der Waals surface area contributed by atoms with Crippen molar-refractivity contribution >= 4 is 28.2 Å². The van der Waals surface area contributed by atoms with Crippen LogP contribution in [0.2, 0.25) is 0 Å². The quantitative estimate of drug-likeness (QED) is 0.0518. The van der Waals surface area contributed by atoms with E-state index in [-0.39, 0.29) is 42.2 Å². The smallest absolute Gasteiger partial charge is 0.220 e. The number of ketones is 2. The van der Waals surface area contributed by atoms with E-state index in [1.165, 1.54) is 6.92 Å². The predicted octanol–water partition coefficient (Wildman–Crippen LogP) is 8.00. The molecule has 1 heterocycles. The number of nitrogens with one attached hydrogen (secondary N) is 1. The molecule has 60 heavy (non-hydrogen) atoms. The van der Waals surface area contributed by atoms with Gasteiger partial charge in [-0.3, -0.25) is 14.6 Å². The minimum Gasteiger partial charge on any atom is -0.491 e. The first-order valence-electron chi connectivity index (χ1n) is 21.3. The highest BCUT2D eigenvalue weighted by atomic mass is 16.6. The molecule has 0 aliphatic carbocycles. The number of aromatic nitrogens is 1. The third-order valence-electron chi connectivity index (χ3n) is 10.1. The minimum absolute atomic E-state index is 0.0125. The Morgan fingerprint density at radius 3 is 2.00 bits per heavy atom. The fourth-order valence-corrected chi connectivity index (χ4v) is 6.80. The number of aliphatic hydroxyl groups is 1. The molecule has 0 spiro atoms. The number of carbonyl (C=O) groups excluding carboxylic acids is 3. The number of Topliss-reactive ketones (excluding diaryl/α,β-unsaturated/α-hetero) is 2. The first-order chi connectivity index (χ1) is 28.9. The van der Waals surface area contributed by atoms with Crippen molar-refractivity contribution in [3.63, 3.8) is 0 Å². The van der Waals surface area contributed by atoms with Gasteiger partial charge in [0.05, 0.1) is 52.9 Å². The molecule has 1 aromatic heterocycles. The average Bonchev–Trinajstić information content (AvgIpc) is 3.22. The number of benzene rings is 3. The summed E-state index contributed by atoms with van der Waals surface area (Å²) >= 11 is 0. The second-order valence-electron chi connectivity index (χ2n) is 16.5. The van der Waals surface area contributed by atoms with Crippen LogP contribution in [0, 0.1) is 12.3 Å². The first-order valence-corrected chi connectivity index (χ1v) is 21.3. The molecule has 1 amide bonds. The van der Waals surface area contributed by atoms with Crippen LogP contribution in [0.1, 0.15) is 89.0 Å². The molecule has 0 bridgehead atoms. The van der Waals surface area contributed by atoms with Gasteiger partial charge in [-0.05, 0) is 96.7 Å². The number of ether oxygens (including phenoxy) is 5. The summed E-state index contributed by atoms with van der Waals surface area (Å²) in [6.45, 7) is 14.3. The van der Waals surface area contributed by atoms with Gasteiger partial charge in [0, 0.05) is 43.1 Å². The molecule has 11 heteroatoms. The summed E-state index contributed by atoms with van der Waals surface area (Å²) in [6, 6.07) is 22.9. The van der Waals surface area contributed by atoms with Crippen LogP contribution in [0.3, 0.4) is 0 Å². The molecule has 0 aliphatic heterocycles. The van der Waals surface area contributed by atoms with Gasteiger partial charge in [0.15, 0.2) is 5.78 Å². The molecule has 0 aliphatic rings. The Hall–Kier alpha value is -4.52. The van der Waals surface area contributed by atoms with Crippen molar-refractivity contribution in [2.24, 2.45) is 5.41 Å². The molecule has 0 saturated heterocycles. The molecule has 0 unspecified atom stereocenters. The lowest BCUT2D eigenvalue weighted by molar-refractivity contribution is -0.129. The number of aryl methyl sites for hydroxylation is 2.